The van der Waals surface area contributed by atoms with E-state index in [1.54, 1.807) is 13.8 Å². The average Bonchev–Trinajstić information content (AvgIpc) is 2.27. The molecule has 0 bridgehead atoms. The first-order valence-electron chi connectivity index (χ1n) is 5.70. The lowest BCUT2D eigenvalue weighted by molar-refractivity contribution is -0.155. The molecule has 0 aliphatic heterocycles. The number of carbonyl (C=O) groups excluding carboxylic acids is 2. The van der Waals surface area contributed by atoms with Crippen LogP contribution in [-0.4, -0.2) is 47.9 Å². The second-order valence-corrected chi connectivity index (χ2v) is 6.79. The largest absolute Gasteiger partial charge is 0.428 e. The van der Waals surface area contributed by atoms with Crippen molar-refractivity contribution in [1.82, 2.24) is 5.32 Å². The molecule has 0 aliphatic carbocycles. The summed E-state index contributed by atoms with van der Waals surface area (Å²) in [4.78, 5) is 31.1. The van der Waals surface area contributed by atoms with Gasteiger partial charge in [0, 0.05) is 19.6 Å². The lowest BCUT2D eigenvalue weighted by Crippen LogP contribution is -2.29. The highest BCUT2D eigenvalue weighted by Crippen LogP contribution is 2.41. The molecule has 112 valence electrons. The molecule has 1 amide bonds. The smallest absolute Gasteiger partial charge is 0.410 e. The van der Waals surface area contributed by atoms with Crippen molar-refractivity contribution in [2.75, 3.05) is 20.0 Å². The van der Waals surface area contributed by atoms with Gasteiger partial charge in [0.2, 0.25) is 14.2 Å². The quantitative estimate of drug-likeness (QED) is 0.355. The highest BCUT2D eigenvalue weighted by atomic mass is 31.2. The number of aliphatic hydroxyl groups excluding tert-OH is 1. The van der Waals surface area contributed by atoms with E-state index in [2.05, 4.69) is 14.8 Å². The normalized spacial score (nSPS) is 15.5. The molecule has 0 heterocycles. The Morgan fingerprint density at radius 3 is 2.37 bits per heavy atom. The van der Waals surface area contributed by atoms with E-state index >= 15 is 0 Å². The highest BCUT2D eigenvalue weighted by molar-refractivity contribution is 7.57. The minimum atomic E-state index is -3.57. The number of nitrogens with one attached hydrogen (secondary N) is 1. The predicted molar refractivity (Wildman–Crippen MR) is 66.7 cm³/mol. The fourth-order valence-electron chi connectivity index (χ4n) is 0.902. The summed E-state index contributed by atoms with van der Waals surface area (Å²) in [5.74, 6) is -2.20. The van der Waals surface area contributed by atoms with E-state index in [9.17, 15) is 19.3 Å². The Labute approximate surface area is 111 Å². The van der Waals surface area contributed by atoms with Crippen LogP contribution in [0.1, 0.15) is 20.3 Å². The molecule has 0 spiro atoms. The van der Waals surface area contributed by atoms with Gasteiger partial charge in [-0.1, -0.05) is 13.8 Å². The zero-order valence-electron chi connectivity index (χ0n) is 11.2. The maximum Gasteiger partial charge on any atom is 0.410 e. The van der Waals surface area contributed by atoms with Crippen molar-refractivity contribution in [3.05, 3.63) is 0 Å². The summed E-state index contributed by atoms with van der Waals surface area (Å²) in [6.45, 7) is 3.78. The van der Waals surface area contributed by atoms with Gasteiger partial charge in [-0.2, -0.15) is 0 Å². The van der Waals surface area contributed by atoms with Gasteiger partial charge in [0.1, 0.15) is 5.85 Å². The van der Waals surface area contributed by atoms with Crippen molar-refractivity contribution >= 4 is 19.4 Å². The number of alkyl carbamates (subject to hydrolysis) is 1. The van der Waals surface area contributed by atoms with Gasteiger partial charge in [-0.05, 0) is 0 Å². The Morgan fingerprint density at radius 2 is 1.89 bits per heavy atom. The van der Waals surface area contributed by atoms with Crippen LogP contribution >= 0.6 is 7.37 Å². The van der Waals surface area contributed by atoms with Crippen LogP contribution in [0, 0.1) is 5.92 Å². The molecular weight excluding hydrogens is 277 g/mol. The number of carbonyl (C=O) groups is 2. The molecule has 0 aliphatic rings. The summed E-state index contributed by atoms with van der Waals surface area (Å²) in [5, 5.41) is 11.5. The first kappa shape index (κ1) is 17.9. The van der Waals surface area contributed by atoms with Crippen molar-refractivity contribution in [2.45, 2.75) is 26.1 Å². The molecule has 0 saturated carbocycles. The Balaban J connectivity index is 3.72. The molecule has 0 rings (SSSR count). The molecule has 0 saturated heterocycles. The van der Waals surface area contributed by atoms with Crippen LogP contribution < -0.4 is 5.32 Å². The number of amides is 1. The summed E-state index contributed by atoms with van der Waals surface area (Å²) in [5.41, 5.74) is 0. The van der Waals surface area contributed by atoms with E-state index in [0.717, 1.165) is 6.66 Å². The minimum Gasteiger partial charge on any atom is -0.428 e. The maximum atomic E-state index is 11.1. The van der Waals surface area contributed by atoms with Gasteiger partial charge < -0.3 is 24.8 Å². The van der Waals surface area contributed by atoms with Crippen molar-refractivity contribution < 1.29 is 33.6 Å². The molecular formula is C10H20NO7P. The van der Waals surface area contributed by atoms with E-state index in [4.69, 9.17) is 4.89 Å². The van der Waals surface area contributed by atoms with E-state index in [1.807, 2.05) is 0 Å². The number of ether oxygens (including phenoxy) is 2. The van der Waals surface area contributed by atoms with Crippen molar-refractivity contribution in [3.63, 3.8) is 0 Å². The van der Waals surface area contributed by atoms with Crippen molar-refractivity contribution in [3.8, 4) is 0 Å². The minimum absolute atomic E-state index is 0.0312. The summed E-state index contributed by atoms with van der Waals surface area (Å²) < 4.78 is 20.1. The van der Waals surface area contributed by atoms with Crippen LogP contribution in [0.25, 0.3) is 0 Å². The van der Waals surface area contributed by atoms with Gasteiger partial charge in [0.05, 0.1) is 5.92 Å². The zero-order chi connectivity index (χ0) is 15.1. The van der Waals surface area contributed by atoms with Gasteiger partial charge >= 0.3 is 12.1 Å². The monoisotopic (exact) mass is 297 g/mol. The number of rotatable bonds is 7. The fourth-order valence-corrected chi connectivity index (χ4v) is 1.51. The molecule has 0 radical (unpaired) electrons. The van der Waals surface area contributed by atoms with Gasteiger partial charge in [0.15, 0.2) is 0 Å². The molecule has 8 nitrogen and oxygen atoms in total. The Morgan fingerprint density at radius 1 is 1.32 bits per heavy atom. The van der Waals surface area contributed by atoms with Crippen LogP contribution in [0.4, 0.5) is 4.79 Å². The van der Waals surface area contributed by atoms with Crippen LogP contribution in [0.5, 0.6) is 0 Å². The summed E-state index contributed by atoms with van der Waals surface area (Å²) >= 11 is 0. The van der Waals surface area contributed by atoms with E-state index in [0.29, 0.717) is 0 Å². The molecule has 2 unspecified atom stereocenters. The van der Waals surface area contributed by atoms with E-state index < -0.39 is 32.1 Å². The van der Waals surface area contributed by atoms with Gasteiger partial charge in [-0.15, -0.1) is 0 Å². The molecule has 3 N–H and O–H groups in total. The van der Waals surface area contributed by atoms with Crippen LogP contribution in [-0.2, 0) is 18.8 Å². The Bertz CT molecular complexity index is 352. The first-order valence-corrected chi connectivity index (χ1v) is 7.87. The first-order chi connectivity index (χ1) is 8.64. The van der Waals surface area contributed by atoms with Gasteiger partial charge in [-0.25, -0.2) is 4.79 Å². The number of aliphatic hydroxyl groups is 1. The molecule has 0 fully saturated rings. The standard InChI is InChI=1S/C10H20NO7P/c1-7(2)9(13)17-6-18-10(14)11-5-4-8(12)19(3,15)16/h7-8,12H,4-6H2,1-3H3,(H,11,14)(H,15,16). The SMILES string of the molecule is CC(C)C(=O)OCOC(=O)NCCC(O)P(C)(=O)O. The van der Waals surface area contributed by atoms with Crippen molar-refractivity contribution in [1.29, 1.82) is 0 Å². The third kappa shape index (κ3) is 8.58. The Kier molecular flexibility index (Phi) is 7.66. The Hall–Kier alpha value is -1.11. The maximum absolute atomic E-state index is 11.1. The number of hydrogen-bond acceptors (Lipinski definition) is 6. The average molecular weight is 297 g/mol. The van der Waals surface area contributed by atoms with E-state index in [1.165, 1.54) is 0 Å². The van der Waals surface area contributed by atoms with E-state index in [-0.39, 0.29) is 18.9 Å². The second kappa shape index (κ2) is 8.14. The third-order valence-electron chi connectivity index (χ3n) is 2.09. The zero-order valence-corrected chi connectivity index (χ0v) is 12.1. The van der Waals surface area contributed by atoms with Gasteiger partial charge in [-0.3, -0.25) is 9.36 Å². The van der Waals surface area contributed by atoms with Crippen LogP contribution in [0.15, 0.2) is 0 Å². The van der Waals surface area contributed by atoms with Crippen molar-refractivity contribution in [2.24, 2.45) is 5.92 Å². The highest BCUT2D eigenvalue weighted by Gasteiger charge is 2.22. The van der Waals surface area contributed by atoms with Crippen LogP contribution in [0.2, 0.25) is 0 Å². The number of esters is 1. The van der Waals surface area contributed by atoms with Crippen LogP contribution in [0.3, 0.4) is 0 Å². The number of hydrogen-bond donors (Lipinski definition) is 3. The third-order valence-corrected chi connectivity index (χ3v) is 3.45. The summed E-state index contributed by atoms with van der Waals surface area (Å²) in [7, 11) is -3.57. The fraction of sp³-hybridized carbons (Fsp3) is 0.800. The second-order valence-electron chi connectivity index (χ2n) is 4.31. The lowest BCUT2D eigenvalue weighted by Gasteiger charge is -2.14. The summed E-state index contributed by atoms with van der Waals surface area (Å²) in [6, 6.07) is 0. The summed E-state index contributed by atoms with van der Waals surface area (Å²) in [6.07, 6.45) is -0.918. The molecule has 2 atom stereocenters. The molecule has 19 heavy (non-hydrogen) atoms. The molecule has 9 heteroatoms. The molecule has 0 aromatic heterocycles. The predicted octanol–water partition coefficient (Wildman–Crippen LogP) is 0.478. The molecule has 0 aromatic carbocycles. The lowest BCUT2D eigenvalue weighted by atomic mass is 10.2. The topological polar surface area (TPSA) is 122 Å². The molecule has 0 aromatic rings. The van der Waals surface area contributed by atoms with Gasteiger partial charge in [0.25, 0.3) is 0 Å².